The van der Waals surface area contributed by atoms with Crippen LogP contribution in [0, 0.1) is 0 Å². The Balaban J connectivity index is 1.41. The van der Waals surface area contributed by atoms with Gasteiger partial charge in [0.25, 0.3) is 0 Å². The monoisotopic (exact) mass is 417 g/mol. The van der Waals surface area contributed by atoms with Crippen LogP contribution in [0.4, 0.5) is 0 Å². The number of benzene rings is 2. The maximum absolute atomic E-state index is 6.43. The third kappa shape index (κ3) is 3.35. The van der Waals surface area contributed by atoms with Crippen LogP contribution >= 0.6 is 11.3 Å². The number of hydrogen-bond donors (Lipinski definition) is 0. The van der Waals surface area contributed by atoms with Crippen molar-refractivity contribution < 1.29 is 9.47 Å². The summed E-state index contributed by atoms with van der Waals surface area (Å²) < 4.78 is 11.9. The molecule has 0 spiro atoms. The van der Waals surface area contributed by atoms with Crippen LogP contribution in [0.3, 0.4) is 0 Å². The molecule has 0 amide bonds. The summed E-state index contributed by atoms with van der Waals surface area (Å²) in [6.45, 7) is 4.12. The van der Waals surface area contributed by atoms with Crippen molar-refractivity contribution in [1.82, 2.24) is 14.9 Å². The molecule has 1 aliphatic carbocycles. The van der Waals surface area contributed by atoms with Gasteiger partial charge in [0.15, 0.2) is 0 Å². The maximum Gasteiger partial charge on any atom is 0.231 e. The predicted molar refractivity (Wildman–Crippen MR) is 120 cm³/mol. The highest BCUT2D eigenvalue weighted by Gasteiger charge is 2.24. The summed E-state index contributed by atoms with van der Waals surface area (Å²) in [4.78, 5) is 14.7. The number of morpholine rings is 1. The number of thiophene rings is 1. The molecule has 1 aliphatic heterocycles. The predicted octanol–water partition coefficient (Wildman–Crippen LogP) is 4.96. The van der Waals surface area contributed by atoms with Gasteiger partial charge in [-0.25, -0.2) is 4.98 Å². The van der Waals surface area contributed by atoms with Crippen molar-refractivity contribution in [3.05, 3.63) is 58.7 Å². The minimum atomic E-state index is 0.706. The number of aryl methyl sites for hydroxylation is 2. The summed E-state index contributed by atoms with van der Waals surface area (Å²) >= 11 is 1.82. The second-order valence-electron chi connectivity index (χ2n) is 7.98. The van der Waals surface area contributed by atoms with Crippen molar-refractivity contribution in [3.8, 4) is 11.6 Å². The van der Waals surface area contributed by atoms with Crippen molar-refractivity contribution in [1.29, 1.82) is 0 Å². The normalized spacial score (nSPS) is 16.9. The molecule has 152 valence electrons. The van der Waals surface area contributed by atoms with Gasteiger partial charge in [0.2, 0.25) is 5.88 Å². The van der Waals surface area contributed by atoms with E-state index in [1.165, 1.54) is 27.6 Å². The maximum atomic E-state index is 6.43. The number of hydrogen-bond acceptors (Lipinski definition) is 6. The minimum absolute atomic E-state index is 0.706. The van der Waals surface area contributed by atoms with Gasteiger partial charge in [-0.15, -0.1) is 11.3 Å². The molecule has 2 aromatic carbocycles. The summed E-state index contributed by atoms with van der Waals surface area (Å²) in [5, 5.41) is 3.50. The molecule has 0 atom stereocenters. The second-order valence-corrected chi connectivity index (χ2v) is 9.07. The molecule has 1 fully saturated rings. The second kappa shape index (κ2) is 7.61. The third-order valence-corrected chi connectivity index (χ3v) is 7.17. The molecule has 1 saturated heterocycles. The topological polar surface area (TPSA) is 47.5 Å². The average molecular weight is 418 g/mol. The van der Waals surface area contributed by atoms with E-state index in [0.29, 0.717) is 5.88 Å². The van der Waals surface area contributed by atoms with Crippen LogP contribution < -0.4 is 4.74 Å². The van der Waals surface area contributed by atoms with Crippen LogP contribution in [0.2, 0.25) is 0 Å². The summed E-state index contributed by atoms with van der Waals surface area (Å²) in [6, 6.07) is 14.6. The molecule has 3 heterocycles. The SMILES string of the molecule is c1ccc2cc(Oc3nc(CN4CCOCC4)nc4sc5c(c34)CCC5)ccc2c1. The fourth-order valence-electron chi connectivity index (χ4n) is 4.45. The molecule has 2 aliphatic rings. The minimum Gasteiger partial charge on any atom is -0.438 e. The zero-order valence-corrected chi connectivity index (χ0v) is 17.6. The molecular formula is C24H23N3O2S. The average Bonchev–Trinajstić information content (AvgIpc) is 3.35. The first-order chi connectivity index (χ1) is 14.8. The van der Waals surface area contributed by atoms with Crippen molar-refractivity contribution in [2.45, 2.75) is 25.8 Å². The Morgan fingerprint density at radius 3 is 2.77 bits per heavy atom. The van der Waals surface area contributed by atoms with E-state index in [9.17, 15) is 0 Å². The highest BCUT2D eigenvalue weighted by molar-refractivity contribution is 7.19. The van der Waals surface area contributed by atoms with Crippen molar-refractivity contribution in [2.24, 2.45) is 0 Å². The lowest BCUT2D eigenvalue weighted by Crippen LogP contribution is -2.36. The van der Waals surface area contributed by atoms with Gasteiger partial charge in [-0.3, -0.25) is 4.90 Å². The van der Waals surface area contributed by atoms with E-state index >= 15 is 0 Å². The molecule has 0 N–H and O–H groups in total. The Labute approximate surface area is 179 Å². The smallest absolute Gasteiger partial charge is 0.231 e. The van der Waals surface area contributed by atoms with Gasteiger partial charge < -0.3 is 9.47 Å². The molecular weight excluding hydrogens is 394 g/mol. The van der Waals surface area contributed by atoms with E-state index in [1.54, 1.807) is 0 Å². The number of fused-ring (bicyclic) bond motifs is 4. The highest BCUT2D eigenvalue weighted by atomic mass is 32.1. The molecule has 2 aromatic heterocycles. The standard InChI is InChI=1S/C24H23N3O2S/c1-2-5-17-14-18(9-8-16(17)4-1)29-23-22-19-6-3-7-20(19)30-24(22)26-21(25-23)15-27-10-12-28-13-11-27/h1-2,4-5,8-9,14H,3,6-7,10-13,15H2. The van der Waals surface area contributed by atoms with Crippen LogP contribution in [0.15, 0.2) is 42.5 Å². The first-order valence-electron chi connectivity index (χ1n) is 10.6. The van der Waals surface area contributed by atoms with E-state index in [4.69, 9.17) is 19.4 Å². The third-order valence-electron chi connectivity index (χ3n) is 5.98. The molecule has 0 radical (unpaired) electrons. The lowest BCUT2D eigenvalue weighted by atomic mass is 10.1. The summed E-state index contributed by atoms with van der Waals surface area (Å²) in [6.07, 6.45) is 3.45. The zero-order chi connectivity index (χ0) is 19.9. The summed E-state index contributed by atoms with van der Waals surface area (Å²) in [7, 11) is 0. The van der Waals surface area contributed by atoms with Crippen LogP contribution in [-0.2, 0) is 24.1 Å². The molecule has 0 saturated carbocycles. The van der Waals surface area contributed by atoms with Crippen LogP contribution in [0.25, 0.3) is 21.0 Å². The van der Waals surface area contributed by atoms with Crippen molar-refractivity contribution in [2.75, 3.05) is 26.3 Å². The Morgan fingerprint density at radius 2 is 1.87 bits per heavy atom. The number of rotatable bonds is 4. The Kier molecular flexibility index (Phi) is 4.63. The van der Waals surface area contributed by atoms with E-state index in [0.717, 1.165) is 67.5 Å². The number of nitrogens with zero attached hydrogens (tertiary/aromatic N) is 3. The number of ether oxygens (including phenoxy) is 2. The van der Waals surface area contributed by atoms with E-state index in [1.807, 2.05) is 17.4 Å². The molecule has 0 unspecified atom stereocenters. The fourth-order valence-corrected chi connectivity index (χ4v) is 5.72. The Morgan fingerprint density at radius 1 is 1.00 bits per heavy atom. The van der Waals surface area contributed by atoms with Crippen molar-refractivity contribution in [3.63, 3.8) is 0 Å². The molecule has 5 nitrogen and oxygen atoms in total. The Hall–Kier alpha value is -2.54. The summed E-state index contributed by atoms with van der Waals surface area (Å²) in [5.74, 6) is 2.36. The first kappa shape index (κ1) is 18.2. The molecule has 6 heteroatoms. The van der Waals surface area contributed by atoms with E-state index < -0.39 is 0 Å². The van der Waals surface area contributed by atoms with Crippen molar-refractivity contribution >= 4 is 32.3 Å². The molecule has 30 heavy (non-hydrogen) atoms. The van der Waals surface area contributed by atoms with Gasteiger partial charge in [-0.1, -0.05) is 30.3 Å². The van der Waals surface area contributed by atoms with Gasteiger partial charge >= 0.3 is 0 Å². The molecule has 6 rings (SSSR count). The van der Waals surface area contributed by atoms with Gasteiger partial charge in [-0.2, -0.15) is 4.98 Å². The fraction of sp³-hybridized carbons (Fsp3) is 0.333. The van der Waals surface area contributed by atoms with Gasteiger partial charge in [0, 0.05) is 18.0 Å². The molecule has 4 aromatic rings. The lowest BCUT2D eigenvalue weighted by molar-refractivity contribution is 0.0330. The molecule has 0 bridgehead atoms. The van der Waals surface area contributed by atoms with E-state index in [-0.39, 0.29) is 0 Å². The largest absolute Gasteiger partial charge is 0.438 e. The van der Waals surface area contributed by atoms with Gasteiger partial charge in [-0.05, 0) is 47.7 Å². The van der Waals surface area contributed by atoms with Crippen LogP contribution in [0.1, 0.15) is 22.7 Å². The summed E-state index contributed by atoms with van der Waals surface area (Å²) in [5.41, 5.74) is 1.39. The zero-order valence-electron chi connectivity index (χ0n) is 16.8. The van der Waals surface area contributed by atoms with E-state index in [2.05, 4.69) is 41.3 Å². The van der Waals surface area contributed by atoms with Gasteiger partial charge in [0.05, 0.1) is 25.1 Å². The highest BCUT2D eigenvalue weighted by Crippen LogP contribution is 2.41. The Bertz CT molecular complexity index is 1230. The first-order valence-corrected chi connectivity index (χ1v) is 11.4. The number of aromatic nitrogens is 2. The van der Waals surface area contributed by atoms with Crippen LogP contribution in [0.5, 0.6) is 11.6 Å². The van der Waals surface area contributed by atoms with Gasteiger partial charge in [0.1, 0.15) is 16.4 Å². The quantitative estimate of drug-likeness (QED) is 0.470. The van der Waals surface area contributed by atoms with Crippen LogP contribution in [-0.4, -0.2) is 41.2 Å². The lowest BCUT2D eigenvalue weighted by Gasteiger charge is -2.25.